The Kier molecular flexibility index (Phi) is 6.50. The van der Waals surface area contributed by atoms with Gasteiger partial charge >= 0.3 is 0 Å². The van der Waals surface area contributed by atoms with Crippen LogP contribution in [-0.2, 0) is 5.41 Å². The third-order valence-electron chi connectivity index (χ3n) is 8.80. The predicted molar refractivity (Wildman–Crippen MR) is 180 cm³/mol. The molecule has 0 aliphatic heterocycles. The van der Waals surface area contributed by atoms with E-state index in [1.54, 1.807) is 0 Å². The predicted octanol–water partition coefficient (Wildman–Crippen LogP) is 9.40. The number of hydrogen-bond acceptors (Lipinski definition) is 3. The summed E-state index contributed by atoms with van der Waals surface area (Å²) < 4.78 is 0. The van der Waals surface area contributed by atoms with Crippen molar-refractivity contribution in [2.75, 3.05) is 0 Å². The average molecular weight is 577 g/mol. The number of carbonyl (C=O) groups excluding carboxylic acids is 1. The van der Waals surface area contributed by atoms with Gasteiger partial charge in [0.1, 0.15) is 0 Å². The fourth-order valence-electron chi connectivity index (χ4n) is 6.74. The van der Waals surface area contributed by atoms with Crippen molar-refractivity contribution in [2.24, 2.45) is 0 Å². The Morgan fingerprint density at radius 1 is 0.400 bits per heavy atom. The summed E-state index contributed by atoms with van der Waals surface area (Å²) in [6.45, 7) is 0. The number of nitrogens with zero attached hydrogens (tertiary/aromatic N) is 2. The SMILES string of the molecule is O=C1c2ccccc2C(c2ccccc2)(c2ccc(-c3cc(-c4ccccc4)nc(-c4ccccc4)n3)cc2)c2ccccc21. The zero-order chi connectivity index (χ0) is 30.2. The molecule has 0 saturated heterocycles. The Hall–Kier alpha value is -5.93. The topological polar surface area (TPSA) is 42.9 Å². The zero-order valence-corrected chi connectivity index (χ0v) is 24.5. The van der Waals surface area contributed by atoms with Gasteiger partial charge in [-0.25, -0.2) is 9.97 Å². The fourth-order valence-corrected chi connectivity index (χ4v) is 6.74. The van der Waals surface area contributed by atoms with E-state index in [-0.39, 0.29) is 5.78 Å². The number of benzene rings is 6. The van der Waals surface area contributed by atoms with E-state index in [1.165, 1.54) is 0 Å². The van der Waals surface area contributed by atoms with Gasteiger partial charge in [-0.3, -0.25) is 4.79 Å². The lowest BCUT2D eigenvalue weighted by Gasteiger charge is -2.41. The second-order valence-electron chi connectivity index (χ2n) is 11.3. The summed E-state index contributed by atoms with van der Waals surface area (Å²) >= 11 is 0. The van der Waals surface area contributed by atoms with E-state index in [9.17, 15) is 4.79 Å². The molecule has 1 aliphatic rings. The number of aromatic nitrogens is 2. The zero-order valence-electron chi connectivity index (χ0n) is 24.5. The summed E-state index contributed by atoms with van der Waals surface area (Å²) in [5, 5.41) is 0. The molecule has 0 atom stereocenters. The minimum atomic E-state index is -0.670. The van der Waals surface area contributed by atoms with E-state index >= 15 is 0 Å². The maximum atomic E-state index is 13.8. The van der Waals surface area contributed by atoms with Crippen LogP contribution in [-0.4, -0.2) is 15.8 Å². The molecule has 0 radical (unpaired) electrons. The van der Waals surface area contributed by atoms with Crippen molar-refractivity contribution >= 4 is 5.78 Å². The highest BCUT2D eigenvalue weighted by atomic mass is 16.1. The molecule has 0 bridgehead atoms. The van der Waals surface area contributed by atoms with E-state index in [4.69, 9.17) is 9.97 Å². The van der Waals surface area contributed by atoms with Crippen LogP contribution < -0.4 is 0 Å². The molecule has 1 aliphatic carbocycles. The van der Waals surface area contributed by atoms with Crippen LogP contribution >= 0.6 is 0 Å². The summed E-state index contributed by atoms with van der Waals surface area (Å²) in [6, 6.07) is 57.7. The number of ketones is 1. The van der Waals surface area contributed by atoms with Gasteiger partial charge in [-0.2, -0.15) is 0 Å². The molecule has 1 heterocycles. The van der Waals surface area contributed by atoms with Crippen LogP contribution in [0.2, 0.25) is 0 Å². The third-order valence-corrected chi connectivity index (χ3v) is 8.80. The maximum absolute atomic E-state index is 13.8. The van der Waals surface area contributed by atoms with Crippen molar-refractivity contribution in [1.29, 1.82) is 0 Å². The van der Waals surface area contributed by atoms with Crippen molar-refractivity contribution in [1.82, 2.24) is 9.97 Å². The summed E-state index contributed by atoms with van der Waals surface area (Å²) in [7, 11) is 0. The van der Waals surface area contributed by atoms with Gasteiger partial charge in [0, 0.05) is 27.8 Å². The lowest BCUT2D eigenvalue weighted by atomic mass is 9.59. The van der Waals surface area contributed by atoms with E-state index in [0.29, 0.717) is 5.82 Å². The van der Waals surface area contributed by atoms with Crippen molar-refractivity contribution in [3.8, 4) is 33.9 Å². The molecule has 45 heavy (non-hydrogen) atoms. The van der Waals surface area contributed by atoms with Crippen molar-refractivity contribution < 1.29 is 4.79 Å². The number of hydrogen-bond donors (Lipinski definition) is 0. The van der Waals surface area contributed by atoms with E-state index in [2.05, 4.69) is 78.9 Å². The lowest BCUT2D eigenvalue weighted by molar-refractivity contribution is 0.103. The molecule has 6 aromatic carbocycles. The first-order chi connectivity index (χ1) is 22.2. The molecular formula is C42H28N2O. The van der Waals surface area contributed by atoms with Crippen molar-refractivity contribution in [2.45, 2.75) is 5.41 Å². The minimum Gasteiger partial charge on any atom is -0.289 e. The van der Waals surface area contributed by atoms with Gasteiger partial charge < -0.3 is 0 Å². The quantitative estimate of drug-likeness (QED) is 0.205. The Labute approximate surface area is 262 Å². The first kappa shape index (κ1) is 26.7. The Morgan fingerprint density at radius 3 is 1.38 bits per heavy atom. The van der Waals surface area contributed by atoms with Crippen LogP contribution in [0.3, 0.4) is 0 Å². The number of carbonyl (C=O) groups is 1. The van der Waals surface area contributed by atoms with Crippen LogP contribution in [0.25, 0.3) is 33.9 Å². The summed E-state index contributed by atoms with van der Waals surface area (Å²) in [6.07, 6.45) is 0. The van der Waals surface area contributed by atoms with Gasteiger partial charge in [-0.1, -0.05) is 164 Å². The average Bonchev–Trinajstić information content (AvgIpc) is 3.13. The molecule has 8 rings (SSSR count). The molecule has 0 unspecified atom stereocenters. The van der Waals surface area contributed by atoms with Gasteiger partial charge in [0.15, 0.2) is 11.6 Å². The molecular weight excluding hydrogens is 548 g/mol. The summed E-state index contributed by atoms with van der Waals surface area (Å²) in [5.74, 6) is 0.748. The van der Waals surface area contributed by atoms with Gasteiger partial charge in [-0.15, -0.1) is 0 Å². The second kappa shape index (κ2) is 11.0. The van der Waals surface area contributed by atoms with Crippen molar-refractivity contribution in [3.63, 3.8) is 0 Å². The summed E-state index contributed by atoms with van der Waals surface area (Å²) in [4.78, 5) is 23.8. The number of fused-ring (bicyclic) bond motifs is 2. The molecule has 0 spiro atoms. The monoisotopic (exact) mass is 576 g/mol. The first-order valence-electron chi connectivity index (χ1n) is 15.1. The van der Waals surface area contributed by atoms with Crippen LogP contribution in [0.15, 0.2) is 170 Å². The highest BCUT2D eigenvalue weighted by molar-refractivity contribution is 6.14. The highest BCUT2D eigenvalue weighted by Crippen LogP contribution is 2.50. The van der Waals surface area contributed by atoms with E-state index in [1.807, 2.05) is 91.0 Å². The highest BCUT2D eigenvalue weighted by Gasteiger charge is 2.46. The van der Waals surface area contributed by atoms with Crippen LogP contribution in [0.1, 0.15) is 38.2 Å². The van der Waals surface area contributed by atoms with E-state index in [0.717, 1.165) is 61.5 Å². The van der Waals surface area contributed by atoms with Gasteiger partial charge in [0.25, 0.3) is 0 Å². The molecule has 3 nitrogen and oxygen atoms in total. The second-order valence-corrected chi connectivity index (χ2v) is 11.3. The molecule has 0 saturated carbocycles. The Balaban J connectivity index is 1.34. The summed E-state index contributed by atoms with van der Waals surface area (Å²) in [5.41, 5.74) is 9.72. The van der Waals surface area contributed by atoms with Crippen LogP contribution in [0, 0.1) is 0 Å². The maximum Gasteiger partial charge on any atom is 0.193 e. The van der Waals surface area contributed by atoms with Crippen molar-refractivity contribution in [3.05, 3.63) is 203 Å². The molecule has 7 aromatic rings. The smallest absolute Gasteiger partial charge is 0.193 e. The third kappa shape index (κ3) is 4.40. The van der Waals surface area contributed by atoms with Gasteiger partial charge in [0.2, 0.25) is 0 Å². The molecule has 0 amide bonds. The fraction of sp³-hybridized carbons (Fsp3) is 0.0238. The lowest BCUT2D eigenvalue weighted by Crippen LogP contribution is -2.38. The minimum absolute atomic E-state index is 0.0623. The molecule has 1 aromatic heterocycles. The normalized spacial score (nSPS) is 13.1. The van der Waals surface area contributed by atoms with Gasteiger partial charge in [0.05, 0.1) is 16.8 Å². The molecule has 212 valence electrons. The van der Waals surface area contributed by atoms with Gasteiger partial charge in [-0.05, 0) is 28.3 Å². The number of rotatable bonds is 5. The van der Waals surface area contributed by atoms with E-state index < -0.39 is 5.41 Å². The Morgan fingerprint density at radius 2 is 0.822 bits per heavy atom. The Bertz CT molecular complexity index is 2050. The largest absolute Gasteiger partial charge is 0.289 e. The molecule has 0 fully saturated rings. The molecule has 3 heteroatoms. The standard InChI is InChI=1S/C42H28N2O/c45-40-34-20-10-12-22-36(34)42(32-18-8-3-9-19-32,37-23-13-11-21-35(37)40)33-26-24-30(25-27-33)39-28-38(29-14-4-1-5-15-29)43-41(44-39)31-16-6-2-7-17-31/h1-28H. The van der Waals surface area contributed by atoms with Crippen LogP contribution in [0.5, 0.6) is 0 Å². The molecule has 0 N–H and O–H groups in total. The first-order valence-corrected chi connectivity index (χ1v) is 15.1. The van der Waals surface area contributed by atoms with Crippen LogP contribution in [0.4, 0.5) is 0 Å².